The molecule has 1 fully saturated rings. The number of nitrogens with zero attached hydrogens (tertiary/aromatic N) is 6. The minimum Gasteiger partial charge on any atom is -0.388 e. The Kier molecular flexibility index (Phi) is 3.49. The lowest BCUT2D eigenvalue weighted by atomic mass is 9.79. The largest absolute Gasteiger partial charge is 0.388 e. The zero-order valence-electron chi connectivity index (χ0n) is 13.1. The Morgan fingerprint density at radius 2 is 2.21 bits per heavy atom. The molecule has 2 N–H and O–H groups in total. The van der Waals surface area contributed by atoms with E-state index in [0.29, 0.717) is 17.0 Å². The van der Waals surface area contributed by atoms with Crippen LogP contribution in [-0.2, 0) is 13.7 Å². The summed E-state index contributed by atoms with van der Waals surface area (Å²) in [4.78, 5) is 12.3. The van der Waals surface area contributed by atoms with Crippen LogP contribution in [0.5, 0.6) is 0 Å². The number of carbonyl (C=O) groups is 1. The van der Waals surface area contributed by atoms with E-state index in [1.807, 2.05) is 11.6 Å². The number of nitrogens with one attached hydrogen (secondary N) is 1. The number of rotatable bonds is 4. The normalized spacial score (nSPS) is 20.1. The predicted molar refractivity (Wildman–Crippen MR) is 83.1 cm³/mol. The van der Waals surface area contributed by atoms with Crippen LogP contribution in [0.2, 0.25) is 0 Å². The van der Waals surface area contributed by atoms with E-state index < -0.39 is 0 Å². The van der Waals surface area contributed by atoms with Crippen LogP contribution in [0.1, 0.15) is 40.8 Å². The summed E-state index contributed by atoms with van der Waals surface area (Å²) in [6.07, 6.45) is 4.99. The first-order valence-corrected chi connectivity index (χ1v) is 7.75. The van der Waals surface area contributed by atoms with E-state index in [2.05, 4.69) is 25.7 Å². The lowest BCUT2D eigenvalue weighted by Gasteiger charge is -2.35. The van der Waals surface area contributed by atoms with E-state index in [-0.39, 0.29) is 24.5 Å². The monoisotopic (exact) mass is 327 g/mol. The van der Waals surface area contributed by atoms with Crippen LogP contribution in [0.4, 0.5) is 0 Å². The molecule has 9 heteroatoms. The Bertz CT molecular complexity index is 894. The van der Waals surface area contributed by atoms with Gasteiger partial charge in [0.1, 0.15) is 18.8 Å². The number of amides is 1. The van der Waals surface area contributed by atoms with Gasteiger partial charge in [-0.15, -0.1) is 20.4 Å². The molecule has 3 aromatic rings. The van der Waals surface area contributed by atoms with Gasteiger partial charge in [-0.3, -0.25) is 9.20 Å². The number of hydrogen-bond acceptors (Lipinski definition) is 6. The zero-order chi connectivity index (χ0) is 16.7. The minimum atomic E-state index is -0.124. The van der Waals surface area contributed by atoms with E-state index in [4.69, 9.17) is 5.11 Å². The Morgan fingerprint density at radius 1 is 1.38 bits per heavy atom. The van der Waals surface area contributed by atoms with Crippen molar-refractivity contribution in [3.8, 4) is 0 Å². The summed E-state index contributed by atoms with van der Waals surface area (Å²) in [7, 11) is 1.85. The molecule has 0 atom stereocenters. The first-order valence-electron chi connectivity index (χ1n) is 7.75. The van der Waals surface area contributed by atoms with E-state index in [1.54, 1.807) is 29.1 Å². The van der Waals surface area contributed by atoms with E-state index >= 15 is 0 Å². The molecule has 124 valence electrons. The number of hydrogen-bond donors (Lipinski definition) is 2. The molecule has 3 aromatic heterocycles. The summed E-state index contributed by atoms with van der Waals surface area (Å²) < 4.78 is 3.57. The minimum absolute atomic E-state index is 0.113. The second-order valence-electron chi connectivity index (χ2n) is 6.04. The third-order valence-corrected chi connectivity index (χ3v) is 4.54. The molecule has 24 heavy (non-hydrogen) atoms. The smallest absolute Gasteiger partial charge is 0.251 e. The summed E-state index contributed by atoms with van der Waals surface area (Å²) in [5.74, 6) is 1.55. The van der Waals surface area contributed by atoms with Gasteiger partial charge in [-0.05, 0) is 25.0 Å². The second-order valence-corrected chi connectivity index (χ2v) is 6.04. The molecule has 1 amide bonds. The van der Waals surface area contributed by atoms with Crippen molar-refractivity contribution in [2.45, 2.75) is 31.4 Å². The summed E-state index contributed by atoms with van der Waals surface area (Å²) >= 11 is 0. The van der Waals surface area contributed by atoms with Gasteiger partial charge in [0, 0.05) is 30.8 Å². The summed E-state index contributed by atoms with van der Waals surface area (Å²) in [6.45, 7) is -0.124. The van der Waals surface area contributed by atoms with Crippen molar-refractivity contribution >= 4 is 11.6 Å². The van der Waals surface area contributed by atoms with Crippen LogP contribution >= 0.6 is 0 Å². The number of aromatic nitrogens is 6. The first-order chi connectivity index (χ1) is 11.7. The average molecular weight is 327 g/mol. The van der Waals surface area contributed by atoms with E-state index in [1.165, 1.54) is 0 Å². The molecule has 0 aromatic carbocycles. The van der Waals surface area contributed by atoms with Crippen molar-refractivity contribution in [1.82, 2.24) is 34.7 Å². The summed E-state index contributed by atoms with van der Waals surface area (Å²) in [5.41, 5.74) is 1.21. The highest BCUT2D eigenvalue weighted by molar-refractivity contribution is 5.95. The van der Waals surface area contributed by atoms with Gasteiger partial charge in [-0.2, -0.15) is 0 Å². The SMILES string of the molecule is Cn1c(CO)nnc1C1CC(NC(=O)c2ccn3cnnc3c2)C1. The first kappa shape index (κ1) is 14.8. The van der Waals surface area contributed by atoms with Crippen LogP contribution in [0, 0.1) is 0 Å². The maximum absolute atomic E-state index is 12.3. The van der Waals surface area contributed by atoms with Gasteiger partial charge in [-0.25, -0.2) is 0 Å². The molecule has 0 saturated heterocycles. The van der Waals surface area contributed by atoms with Crippen molar-refractivity contribution < 1.29 is 9.90 Å². The zero-order valence-corrected chi connectivity index (χ0v) is 13.1. The number of carbonyl (C=O) groups excluding carboxylic acids is 1. The fraction of sp³-hybridized carbons (Fsp3) is 0.400. The lowest BCUT2D eigenvalue weighted by molar-refractivity contribution is 0.0907. The van der Waals surface area contributed by atoms with Crippen molar-refractivity contribution in [3.05, 3.63) is 41.9 Å². The molecule has 0 aliphatic heterocycles. The van der Waals surface area contributed by atoms with Gasteiger partial charge >= 0.3 is 0 Å². The van der Waals surface area contributed by atoms with Crippen molar-refractivity contribution in [2.24, 2.45) is 7.05 Å². The Balaban J connectivity index is 1.38. The molecule has 1 saturated carbocycles. The van der Waals surface area contributed by atoms with Crippen LogP contribution in [-0.4, -0.2) is 46.4 Å². The molecule has 0 unspecified atom stereocenters. The van der Waals surface area contributed by atoms with Crippen LogP contribution < -0.4 is 5.32 Å². The molecule has 9 nitrogen and oxygen atoms in total. The molecular formula is C15H17N7O2. The molecule has 4 rings (SSSR count). The fourth-order valence-corrected chi connectivity index (χ4v) is 3.04. The fourth-order valence-electron chi connectivity index (χ4n) is 3.04. The topological polar surface area (TPSA) is 110 Å². The third-order valence-electron chi connectivity index (χ3n) is 4.54. The molecule has 1 aliphatic carbocycles. The number of pyridine rings is 1. The molecule has 0 bridgehead atoms. The molecular weight excluding hydrogens is 310 g/mol. The van der Waals surface area contributed by atoms with Gasteiger partial charge in [0.05, 0.1) is 0 Å². The van der Waals surface area contributed by atoms with E-state index in [0.717, 1.165) is 18.7 Å². The van der Waals surface area contributed by atoms with Gasteiger partial charge in [0.2, 0.25) is 0 Å². The molecule has 3 heterocycles. The summed E-state index contributed by atoms with van der Waals surface area (Å²) in [5, 5.41) is 28.0. The van der Waals surface area contributed by atoms with Gasteiger partial charge in [0.15, 0.2) is 11.5 Å². The number of fused-ring (bicyclic) bond motifs is 1. The van der Waals surface area contributed by atoms with Crippen molar-refractivity contribution in [1.29, 1.82) is 0 Å². The second kappa shape index (κ2) is 5.68. The highest BCUT2D eigenvalue weighted by atomic mass is 16.3. The Morgan fingerprint density at radius 3 is 2.96 bits per heavy atom. The number of aliphatic hydroxyl groups excluding tert-OH is 1. The predicted octanol–water partition coefficient (Wildman–Crippen LogP) is 0.0261. The quantitative estimate of drug-likeness (QED) is 0.699. The van der Waals surface area contributed by atoms with Crippen molar-refractivity contribution in [2.75, 3.05) is 0 Å². The molecule has 0 spiro atoms. The highest BCUT2D eigenvalue weighted by Crippen LogP contribution is 2.36. The average Bonchev–Trinajstić information content (AvgIpc) is 3.15. The van der Waals surface area contributed by atoms with Crippen molar-refractivity contribution in [3.63, 3.8) is 0 Å². The van der Waals surface area contributed by atoms with Crippen LogP contribution in [0.25, 0.3) is 5.65 Å². The van der Waals surface area contributed by atoms with Crippen LogP contribution in [0.3, 0.4) is 0 Å². The Labute approximate surface area is 137 Å². The standard InChI is InChI=1S/C15H17N7O2/c1-21-13(7-23)19-20-14(21)10-4-11(5-10)17-15(24)9-2-3-22-8-16-18-12(22)6-9/h2-3,6,8,10-11,23H,4-5,7H2,1H3,(H,17,24). The van der Waals surface area contributed by atoms with Gasteiger partial charge < -0.3 is 15.0 Å². The van der Waals surface area contributed by atoms with E-state index in [9.17, 15) is 4.79 Å². The molecule has 0 radical (unpaired) electrons. The maximum atomic E-state index is 12.3. The maximum Gasteiger partial charge on any atom is 0.251 e. The van der Waals surface area contributed by atoms with Crippen LogP contribution in [0.15, 0.2) is 24.7 Å². The van der Waals surface area contributed by atoms with Gasteiger partial charge in [-0.1, -0.05) is 0 Å². The third kappa shape index (κ3) is 2.42. The van der Waals surface area contributed by atoms with Gasteiger partial charge in [0.25, 0.3) is 5.91 Å². The lowest BCUT2D eigenvalue weighted by Crippen LogP contribution is -2.44. The number of aliphatic hydroxyl groups is 1. The molecule has 1 aliphatic rings. The highest BCUT2D eigenvalue weighted by Gasteiger charge is 2.35. The summed E-state index contributed by atoms with van der Waals surface area (Å²) in [6, 6.07) is 3.58. The Hall–Kier alpha value is -2.81.